The summed E-state index contributed by atoms with van der Waals surface area (Å²) in [6.07, 6.45) is 0.978. The molecule has 0 saturated heterocycles. The zero-order chi connectivity index (χ0) is 13.7. The topological polar surface area (TPSA) is 47.0 Å². The highest BCUT2D eigenvalue weighted by molar-refractivity contribution is 7.15. The molecular formula is C12H13F2N3OS. The fourth-order valence-electron chi connectivity index (χ4n) is 1.37. The third-order valence-corrected chi connectivity index (χ3v) is 3.11. The van der Waals surface area contributed by atoms with Crippen LogP contribution in [0.3, 0.4) is 0 Å². The van der Waals surface area contributed by atoms with E-state index in [4.69, 9.17) is 4.74 Å². The van der Waals surface area contributed by atoms with E-state index in [1.54, 1.807) is 0 Å². The molecule has 2 aromatic rings. The van der Waals surface area contributed by atoms with Gasteiger partial charge in [-0.1, -0.05) is 24.3 Å². The highest BCUT2D eigenvalue weighted by Gasteiger charge is 2.11. The molecule has 2 rings (SSSR count). The summed E-state index contributed by atoms with van der Waals surface area (Å²) in [5, 5.41) is 12.1. The number of anilines is 1. The van der Waals surface area contributed by atoms with Crippen LogP contribution >= 0.6 is 11.3 Å². The van der Waals surface area contributed by atoms with E-state index in [1.165, 1.54) is 17.4 Å². The Bertz CT molecular complexity index is 527. The van der Waals surface area contributed by atoms with Crippen molar-refractivity contribution in [1.29, 1.82) is 0 Å². The first-order valence-electron chi connectivity index (χ1n) is 5.83. The predicted octanol–water partition coefficient (Wildman–Crippen LogP) is 3.22. The van der Waals surface area contributed by atoms with Crippen molar-refractivity contribution in [2.24, 2.45) is 0 Å². The lowest BCUT2D eigenvalue weighted by Gasteiger charge is -2.05. The second-order valence-corrected chi connectivity index (χ2v) is 4.83. The molecule has 4 nitrogen and oxygen atoms in total. The molecule has 0 amide bonds. The summed E-state index contributed by atoms with van der Waals surface area (Å²) in [5.41, 5.74) is 0. The fourth-order valence-corrected chi connectivity index (χ4v) is 2.05. The van der Waals surface area contributed by atoms with Gasteiger partial charge in [0.05, 0.1) is 0 Å². The van der Waals surface area contributed by atoms with E-state index >= 15 is 0 Å². The van der Waals surface area contributed by atoms with Gasteiger partial charge in [0, 0.05) is 6.54 Å². The molecule has 102 valence electrons. The summed E-state index contributed by atoms with van der Waals surface area (Å²) in [6, 6.07) is 3.58. The molecular weight excluding hydrogens is 272 g/mol. The van der Waals surface area contributed by atoms with Gasteiger partial charge in [0.15, 0.2) is 22.4 Å². The van der Waals surface area contributed by atoms with Gasteiger partial charge in [-0.2, -0.15) is 0 Å². The fraction of sp³-hybridized carbons (Fsp3) is 0.333. The zero-order valence-corrected chi connectivity index (χ0v) is 11.1. The number of para-hydroxylation sites is 1. The van der Waals surface area contributed by atoms with Gasteiger partial charge in [-0.05, 0) is 18.6 Å². The van der Waals surface area contributed by atoms with Gasteiger partial charge in [-0.25, -0.2) is 8.78 Å². The quantitative estimate of drug-likeness (QED) is 0.885. The lowest BCUT2D eigenvalue weighted by atomic mass is 10.3. The normalized spacial score (nSPS) is 10.5. The van der Waals surface area contributed by atoms with Crippen LogP contribution in [0, 0.1) is 11.6 Å². The van der Waals surface area contributed by atoms with Gasteiger partial charge in [-0.3, -0.25) is 0 Å². The van der Waals surface area contributed by atoms with Crippen LogP contribution in [0.2, 0.25) is 0 Å². The van der Waals surface area contributed by atoms with Crippen LogP contribution in [0.1, 0.15) is 18.4 Å². The monoisotopic (exact) mass is 285 g/mol. The number of ether oxygens (including phenoxy) is 1. The molecule has 1 heterocycles. The number of nitrogens with one attached hydrogen (secondary N) is 1. The number of hydrogen-bond donors (Lipinski definition) is 1. The van der Waals surface area contributed by atoms with Gasteiger partial charge in [0.25, 0.3) is 0 Å². The van der Waals surface area contributed by atoms with E-state index in [1.807, 2.05) is 6.92 Å². The minimum atomic E-state index is -0.728. The van der Waals surface area contributed by atoms with Crippen molar-refractivity contribution in [2.75, 3.05) is 11.9 Å². The van der Waals surface area contributed by atoms with Crippen LogP contribution in [0.25, 0.3) is 0 Å². The molecule has 19 heavy (non-hydrogen) atoms. The Hall–Kier alpha value is -1.76. The summed E-state index contributed by atoms with van der Waals surface area (Å²) >= 11 is 1.30. The van der Waals surface area contributed by atoms with Crippen molar-refractivity contribution in [3.05, 3.63) is 34.8 Å². The number of rotatable bonds is 6. The molecule has 7 heteroatoms. The van der Waals surface area contributed by atoms with E-state index in [0.29, 0.717) is 10.1 Å². The van der Waals surface area contributed by atoms with E-state index in [0.717, 1.165) is 25.1 Å². The molecule has 0 aliphatic heterocycles. The van der Waals surface area contributed by atoms with Crippen LogP contribution in [0.15, 0.2) is 18.2 Å². The summed E-state index contributed by atoms with van der Waals surface area (Å²) in [4.78, 5) is 0. The smallest absolute Gasteiger partial charge is 0.205 e. The number of aromatic nitrogens is 2. The van der Waals surface area contributed by atoms with Crippen LogP contribution in [-0.2, 0) is 6.61 Å². The number of hydrogen-bond acceptors (Lipinski definition) is 5. The maximum Gasteiger partial charge on any atom is 0.205 e. The summed E-state index contributed by atoms with van der Waals surface area (Å²) in [7, 11) is 0. The minimum Gasteiger partial charge on any atom is -0.480 e. The highest BCUT2D eigenvalue weighted by Crippen LogP contribution is 2.23. The molecule has 1 aromatic heterocycles. The summed E-state index contributed by atoms with van der Waals surface area (Å²) < 4.78 is 31.7. The first kappa shape index (κ1) is 13.7. The van der Waals surface area contributed by atoms with E-state index in [-0.39, 0.29) is 12.4 Å². The molecule has 0 unspecified atom stereocenters. The molecule has 0 fully saturated rings. The lowest BCUT2D eigenvalue weighted by molar-refractivity contribution is 0.273. The maximum atomic E-state index is 13.3. The summed E-state index contributed by atoms with van der Waals surface area (Å²) in [5.74, 6) is -1.84. The number of benzene rings is 1. The largest absolute Gasteiger partial charge is 0.480 e. The third kappa shape index (κ3) is 3.60. The second-order valence-electron chi connectivity index (χ2n) is 3.77. The molecule has 0 saturated carbocycles. The first-order valence-corrected chi connectivity index (χ1v) is 6.65. The highest BCUT2D eigenvalue weighted by atomic mass is 32.1. The molecule has 0 spiro atoms. The standard InChI is InChI=1S/C12H13F2N3OS/c1-2-6-15-12-17-16-10(19-12)7-18-11-8(13)4-3-5-9(11)14/h3-5H,2,6-7H2,1H3,(H,15,17). The SMILES string of the molecule is CCCNc1nnc(COc2c(F)cccc2F)s1. The Morgan fingerprint density at radius 1 is 1.26 bits per heavy atom. The Labute approximate surface area is 113 Å². The van der Waals surface area contributed by atoms with Crippen molar-refractivity contribution in [2.45, 2.75) is 20.0 Å². The molecule has 1 aromatic carbocycles. The van der Waals surface area contributed by atoms with E-state index in [9.17, 15) is 8.78 Å². The van der Waals surface area contributed by atoms with Gasteiger partial charge < -0.3 is 10.1 Å². The van der Waals surface area contributed by atoms with Gasteiger partial charge in [0.1, 0.15) is 6.61 Å². The summed E-state index contributed by atoms with van der Waals surface area (Å²) in [6.45, 7) is 2.83. The molecule has 0 aliphatic rings. The minimum absolute atomic E-state index is 0.0106. The Morgan fingerprint density at radius 2 is 2.00 bits per heavy atom. The Kier molecular flexibility index (Phi) is 4.62. The van der Waals surface area contributed by atoms with Crippen molar-refractivity contribution in [3.63, 3.8) is 0 Å². The van der Waals surface area contributed by atoms with Crippen LogP contribution in [-0.4, -0.2) is 16.7 Å². The second kappa shape index (κ2) is 6.42. The van der Waals surface area contributed by atoms with Crippen molar-refractivity contribution < 1.29 is 13.5 Å². The van der Waals surface area contributed by atoms with E-state index in [2.05, 4.69) is 15.5 Å². The van der Waals surface area contributed by atoms with Crippen molar-refractivity contribution in [1.82, 2.24) is 10.2 Å². The first-order chi connectivity index (χ1) is 9.20. The van der Waals surface area contributed by atoms with Crippen LogP contribution < -0.4 is 10.1 Å². The van der Waals surface area contributed by atoms with Crippen LogP contribution in [0.4, 0.5) is 13.9 Å². The molecule has 0 aliphatic carbocycles. The average Bonchev–Trinajstić information content (AvgIpc) is 2.84. The number of halogens is 2. The van der Waals surface area contributed by atoms with Gasteiger partial charge >= 0.3 is 0 Å². The van der Waals surface area contributed by atoms with Crippen LogP contribution in [0.5, 0.6) is 5.75 Å². The lowest BCUT2D eigenvalue weighted by Crippen LogP contribution is -1.99. The molecule has 0 bridgehead atoms. The molecule has 0 atom stereocenters. The van der Waals surface area contributed by atoms with Gasteiger partial charge in [0.2, 0.25) is 5.13 Å². The third-order valence-electron chi connectivity index (χ3n) is 2.25. The predicted molar refractivity (Wildman–Crippen MR) is 69.4 cm³/mol. The Balaban J connectivity index is 1.97. The average molecular weight is 285 g/mol. The van der Waals surface area contributed by atoms with Crippen molar-refractivity contribution in [3.8, 4) is 5.75 Å². The molecule has 1 N–H and O–H groups in total. The van der Waals surface area contributed by atoms with Gasteiger partial charge in [-0.15, -0.1) is 10.2 Å². The maximum absolute atomic E-state index is 13.3. The number of nitrogens with zero attached hydrogens (tertiary/aromatic N) is 2. The van der Waals surface area contributed by atoms with Crippen molar-refractivity contribution >= 4 is 16.5 Å². The zero-order valence-electron chi connectivity index (χ0n) is 10.3. The van der Waals surface area contributed by atoms with E-state index < -0.39 is 11.6 Å². The Morgan fingerprint density at radius 3 is 2.68 bits per heavy atom. The molecule has 0 radical (unpaired) electrons.